The first-order chi connectivity index (χ1) is 12.2. The molecule has 132 valence electrons. The number of Topliss-reactive ketones (excluding diaryl/α,β-unsaturated/α-hetero) is 1. The van der Waals surface area contributed by atoms with Crippen molar-refractivity contribution in [2.24, 2.45) is 0 Å². The highest BCUT2D eigenvalue weighted by Gasteiger charge is 2.27. The lowest BCUT2D eigenvalue weighted by Gasteiger charge is -2.21. The Kier molecular flexibility index (Phi) is 7.29. The zero-order chi connectivity index (χ0) is 18.1. The third-order valence-corrected chi connectivity index (χ3v) is 3.96. The normalized spacial score (nSPS) is 13.0. The molecule has 2 unspecified atom stereocenters. The third-order valence-electron chi connectivity index (χ3n) is 3.96. The van der Waals surface area contributed by atoms with Crippen molar-refractivity contribution in [2.75, 3.05) is 6.54 Å². The second-order valence-electron chi connectivity index (χ2n) is 5.83. The van der Waals surface area contributed by atoms with E-state index in [2.05, 4.69) is 15.6 Å². The number of benzene rings is 1. The van der Waals surface area contributed by atoms with E-state index in [1.807, 2.05) is 62.4 Å². The van der Waals surface area contributed by atoms with Gasteiger partial charge in [-0.15, -0.1) is 0 Å². The van der Waals surface area contributed by atoms with Crippen molar-refractivity contribution in [1.29, 1.82) is 0 Å². The maximum absolute atomic E-state index is 12.6. The molecule has 2 aromatic rings. The number of hydrogen-bond donors (Lipinski definition) is 2. The number of likely N-dealkylation sites (N-methyl/N-ethyl adjacent to an activating group) is 1. The Morgan fingerprint density at radius 3 is 2.36 bits per heavy atom. The molecule has 0 saturated heterocycles. The van der Waals surface area contributed by atoms with Crippen molar-refractivity contribution in [1.82, 2.24) is 15.6 Å². The average molecular weight is 339 g/mol. The smallest absolute Gasteiger partial charge is 0.289 e. The highest BCUT2D eigenvalue weighted by Crippen LogP contribution is 2.20. The summed E-state index contributed by atoms with van der Waals surface area (Å²) in [6.45, 7) is 4.57. The molecule has 5 nitrogen and oxygen atoms in total. The van der Waals surface area contributed by atoms with Gasteiger partial charge >= 0.3 is 0 Å². The Morgan fingerprint density at radius 2 is 1.76 bits per heavy atom. The van der Waals surface area contributed by atoms with Crippen LogP contribution in [0.5, 0.6) is 0 Å². The van der Waals surface area contributed by atoms with E-state index in [1.54, 1.807) is 6.20 Å². The maximum Gasteiger partial charge on any atom is 0.289 e. The summed E-state index contributed by atoms with van der Waals surface area (Å²) in [5, 5.41) is 5.95. The van der Waals surface area contributed by atoms with Crippen LogP contribution in [0.15, 0.2) is 54.7 Å². The van der Waals surface area contributed by atoms with Gasteiger partial charge in [0.05, 0.1) is 17.8 Å². The number of nitrogens with zero attached hydrogens (tertiary/aromatic N) is 1. The van der Waals surface area contributed by atoms with E-state index in [9.17, 15) is 9.59 Å². The van der Waals surface area contributed by atoms with Crippen LogP contribution >= 0.6 is 0 Å². The number of carbonyl (C=O) groups is 2. The molecule has 2 N–H and O–H groups in total. The summed E-state index contributed by atoms with van der Waals surface area (Å²) in [6.07, 6.45) is 3.15. The summed E-state index contributed by atoms with van der Waals surface area (Å²) in [6, 6.07) is 14.2. The first-order valence-electron chi connectivity index (χ1n) is 8.71. The van der Waals surface area contributed by atoms with Gasteiger partial charge in [0.15, 0.2) is 0 Å². The predicted octanol–water partition coefficient (Wildman–Crippen LogP) is 2.63. The fraction of sp³-hybridized carbons (Fsp3) is 0.350. The van der Waals surface area contributed by atoms with Crippen molar-refractivity contribution in [3.05, 3.63) is 66.0 Å². The van der Waals surface area contributed by atoms with Gasteiger partial charge in [-0.25, -0.2) is 0 Å². The van der Waals surface area contributed by atoms with Crippen molar-refractivity contribution in [2.45, 2.75) is 38.8 Å². The Bertz CT molecular complexity index is 628. The molecule has 1 heterocycles. The highest BCUT2D eigenvalue weighted by molar-refractivity contribution is 6.38. The maximum atomic E-state index is 12.6. The number of pyridine rings is 1. The lowest BCUT2D eigenvalue weighted by atomic mass is 10.0. The molecule has 0 aliphatic rings. The molecule has 0 aliphatic heterocycles. The summed E-state index contributed by atoms with van der Waals surface area (Å²) in [4.78, 5) is 29.4. The van der Waals surface area contributed by atoms with Crippen molar-refractivity contribution in [3.8, 4) is 0 Å². The van der Waals surface area contributed by atoms with Crippen LogP contribution in [0.3, 0.4) is 0 Å². The summed E-state index contributed by atoms with van der Waals surface area (Å²) >= 11 is 0. The predicted molar refractivity (Wildman–Crippen MR) is 98.0 cm³/mol. The van der Waals surface area contributed by atoms with E-state index < -0.39 is 23.8 Å². The molecule has 0 fully saturated rings. The van der Waals surface area contributed by atoms with Crippen LogP contribution in [-0.2, 0) is 9.59 Å². The number of rotatable bonds is 9. The molecule has 1 aromatic carbocycles. The van der Waals surface area contributed by atoms with Gasteiger partial charge in [-0.1, -0.05) is 56.7 Å². The molecule has 0 radical (unpaired) electrons. The molecular formula is C20H25N3O2. The average Bonchev–Trinajstić information content (AvgIpc) is 2.66. The van der Waals surface area contributed by atoms with Crippen molar-refractivity contribution >= 4 is 11.7 Å². The fourth-order valence-corrected chi connectivity index (χ4v) is 2.74. The quantitative estimate of drug-likeness (QED) is 0.689. The van der Waals surface area contributed by atoms with Gasteiger partial charge in [0.25, 0.3) is 5.91 Å². The Morgan fingerprint density at radius 1 is 1.04 bits per heavy atom. The van der Waals surface area contributed by atoms with Crippen LogP contribution in [0, 0.1) is 0 Å². The topological polar surface area (TPSA) is 71.1 Å². The Balaban J connectivity index is 2.22. The molecular weight excluding hydrogens is 314 g/mol. The minimum atomic E-state index is -0.584. The van der Waals surface area contributed by atoms with Gasteiger partial charge in [-0.3, -0.25) is 14.6 Å². The van der Waals surface area contributed by atoms with Gasteiger partial charge in [-0.2, -0.15) is 0 Å². The first kappa shape index (κ1) is 18.8. The van der Waals surface area contributed by atoms with Gasteiger partial charge in [0.2, 0.25) is 5.78 Å². The van der Waals surface area contributed by atoms with E-state index in [1.165, 1.54) is 0 Å². The van der Waals surface area contributed by atoms with Gasteiger partial charge in [0, 0.05) is 6.20 Å². The molecule has 2 rings (SSSR count). The van der Waals surface area contributed by atoms with Crippen LogP contribution in [0.2, 0.25) is 0 Å². The van der Waals surface area contributed by atoms with E-state index in [-0.39, 0.29) is 0 Å². The second kappa shape index (κ2) is 9.69. The van der Waals surface area contributed by atoms with Gasteiger partial charge in [-0.05, 0) is 30.7 Å². The highest BCUT2D eigenvalue weighted by atomic mass is 16.2. The third kappa shape index (κ3) is 5.22. The van der Waals surface area contributed by atoms with E-state index in [0.717, 1.165) is 12.0 Å². The second-order valence-corrected chi connectivity index (χ2v) is 5.83. The van der Waals surface area contributed by atoms with Crippen molar-refractivity contribution in [3.63, 3.8) is 0 Å². The lowest BCUT2D eigenvalue weighted by molar-refractivity contribution is -0.139. The largest absolute Gasteiger partial charge is 0.337 e. The SMILES string of the molecule is CCCC(NCC)C(=O)C(=O)NC(c1ccccc1)c1ccccn1. The number of ketones is 1. The zero-order valence-electron chi connectivity index (χ0n) is 14.7. The number of carbonyl (C=O) groups excluding carboxylic acids is 2. The molecule has 1 aromatic heterocycles. The summed E-state index contributed by atoms with van der Waals surface area (Å²) in [5.41, 5.74) is 1.59. The molecule has 25 heavy (non-hydrogen) atoms. The van der Waals surface area contributed by atoms with E-state index in [4.69, 9.17) is 0 Å². The summed E-state index contributed by atoms with van der Waals surface area (Å²) in [5.74, 6) is -1.01. The number of aromatic nitrogens is 1. The van der Waals surface area contributed by atoms with E-state index >= 15 is 0 Å². The number of amides is 1. The van der Waals surface area contributed by atoms with E-state index in [0.29, 0.717) is 18.7 Å². The van der Waals surface area contributed by atoms with Crippen LogP contribution in [-0.4, -0.2) is 29.3 Å². The minimum absolute atomic E-state index is 0.430. The molecule has 5 heteroatoms. The molecule has 0 aliphatic carbocycles. The number of nitrogens with one attached hydrogen (secondary N) is 2. The van der Waals surface area contributed by atoms with Crippen LogP contribution < -0.4 is 10.6 Å². The molecule has 0 saturated carbocycles. The zero-order valence-corrected chi connectivity index (χ0v) is 14.7. The first-order valence-corrected chi connectivity index (χ1v) is 8.71. The fourth-order valence-electron chi connectivity index (χ4n) is 2.74. The molecule has 0 spiro atoms. The molecule has 2 atom stereocenters. The standard InChI is InChI=1S/C20H25N3O2/c1-3-10-17(21-4-2)19(24)20(25)23-18(15-11-6-5-7-12-15)16-13-8-9-14-22-16/h5-9,11-14,17-18,21H,3-4,10H2,1-2H3,(H,23,25). The molecule has 1 amide bonds. The lowest BCUT2D eigenvalue weighted by Crippen LogP contribution is -2.46. The van der Waals surface area contributed by atoms with Gasteiger partial charge in [0.1, 0.15) is 0 Å². The van der Waals surface area contributed by atoms with Gasteiger partial charge < -0.3 is 10.6 Å². The summed E-state index contributed by atoms with van der Waals surface area (Å²) < 4.78 is 0. The monoisotopic (exact) mass is 339 g/mol. The summed E-state index contributed by atoms with van der Waals surface area (Å²) in [7, 11) is 0. The van der Waals surface area contributed by atoms with Crippen molar-refractivity contribution < 1.29 is 9.59 Å². The minimum Gasteiger partial charge on any atom is -0.337 e. The van der Waals surface area contributed by atoms with Crippen LogP contribution in [0.25, 0.3) is 0 Å². The molecule has 0 bridgehead atoms. The van der Waals surface area contributed by atoms with Crippen LogP contribution in [0.4, 0.5) is 0 Å². The number of hydrogen-bond acceptors (Lipinski definition) is 4. The Hall–Kier alpha value is -2.53. The van der Waals surface area contributed by atoms with Crippen LogP contribution in [0.1, 0.15) is 44.0 Å². The Labute approximate surface area is 148 Å².